The number of rotatable bonds is 5. The maximum atomic E-state index is 11.7. The average molecular weight is 296 g/mol. The third kappa shape index (κ3) is 4.28. The topological polar surface area (TPSA) is 67.2 Å². The van der Waals surface area contributed by atoms with Crippen LogP contribution in [0.3, 0.4) is 0 Å². The number of aromatic nitrogens is 1. The molecule has 0 atom stereocenters. The van der Waals surface area contributed by atoms with Gasteiger partial charge >= 0.3 is 0 Å². The third-order valence-electron chi connectivity index (χ3n) is 2.87. The van der Waals surface area contributed by atoms with E-state index in [9.17, 15) is 4.79 Å². The van der Waals surface area contributed by atoms with Crippen molar-refractivity contribution < 1.29 is 9.32 Å². The van der Waals surface area contributed by atoms with Gasteiger partial charge < -0.3 is 15.2 Å². The predicted molar refractivity (Wildman–Crippen MR) is 80.0 cm³/mol. The van der Waals surface area contributed by atoms with E-state index in [1.165, 1.54) is 0 Å². The Hall–Kier alpha value is -2.01. The minimum Gasteiger partial charge on any atom is -0.376 e. The highest BCUT2D eigenvalue weighted by Gasteiger charge is 2.09. The van der Waals surface area contributed by atoms with Gasteiger partial charge in [0.2, 0.25) is 5.91 Å². The summed E-state index contributed by atoms with van der Waals surface area (Å²) in [7, 11) is 0. The lowest BCUT2D eigenvalue weighted by Gasteiger charge is -2.07. The molecule has 0 unspecified atom stereocenters. The van der Waals surface area contributed by atoms with Crippen LogP contribution in [0.2, 0.25) is 0 Å². The van der Waals surface area contributed by atoms with Crippen molar-refractivity contribution in [2.45, 2.75) is 20.4 Å². The highest BCUT2D eigenvalue weighted by Crippen LogP contribution is 2.11. The normalized spacial score (nSPS) is 9.70. The Morgan fingerprint density at radius 1 is 1.25 bits per heavy atom. The number of halogens is 1. The molecule has 0 saturated carbocycles. The van der Waals surface area contributed by atoms with E-state index in [0.717, 1.165) is 22.7 Å². The summed E-state index contributed by atoms with van der Waals surface area (Å²) < 4.78 is 5.04. The quantitative estimate of drug-likeness (QED) is 0.889. The molecule has 1 heterocycles. The molecule has 2 N–H and O–H groups in total. The number of carbonyl (C=O) groups is 1. The molecule has 5 nitrogen and oxygen atoms in total. The Bertz CT molecular complexity index is 535. The zero-order chi connectivity index (χ0) is 13.7. The molecule has 0 aliphatic carbocycles. The van der Waals surface area contributed by atoms with Crippen LogP contribution in [0.25, 0.3) is 0 Å². The Morgan fingerprint density at radius 3 is 2.55 bits per heavy atom. The van der Waals surface area contributed by atoms with Crippen LogP contribution in [-0.2, 0) is 11.3 Å². The number of carbonyl (C=O) groups excluding carboxylic acids is 1. The summed E-state index contributed by atoms with van der Waals surface area (Å²) >= 11 is 0. The SMILES string of the molecule is Cc1noc(C)c1CNC(=O)CNc1ccccc1.Cl. The summed E-state index contributed by atoms with van der Waals surface area (Å²) in [6, 6.07) is 9.61. The van der Waals surface area contributed by atoms with Gasteiger partial charge in [0, 0.05) is 17.8 Å². The number of nitrogens with zero attached hydrogens (tertiary/aromatic N) is 1. The van der Waals surface area contributed by atoms with Crippen LogP contribution in [-0.4, -0.2) is 17.6 Å². The van der Waals surface area contributed by atoms with Crippen molar-refractivity contribution in [3.8, 4) is 0 Å². The molecule has 1 aromatic carbocycles. The molecule has 1 aromatic heterocycles. The van der Waals surface area contributed by atoms with Crippen LogP contribution < -0.4 is 10.6 Å². The number of aryl methyl sites for hydroxylation is 2. The van der Waals surface area contributed by atoms with E-state index >= 15 is 0 Å². The maximum Gasteiger partial charge on any atom is 0.239 e. The fourth-order valence-electron chi connectivity index (χ4n) is 1.74. The molecule has 2 rings (SSSR count). The maximum absolute atomic E-state index is 11.7. The fraction of sp³-hybridized carbons (Fsp3) is 0.286. The lowest BCUT2D eigenvalue weighted by atomic mass is 10.2. The van der Waals surface area contributed by atoms with Gasteiger partial charge in [0.05, 0.1) is 12.2 Å². The molecule has 108 valence electrons. The smallest absolute Gasteiger partial charge is 0.239 e. The van der Waals surface area contributed by atoms with E-state index in [2.05, 4.69) is 15.8 Å². The summed E-state index contributed by atoms with van der Waals surface area (Å²) in [4.78, 5) is 11.7. The van der Waals surface area contributed by atoms with Gasteiger partial charge in [-0.3, -0.25) is 4.79 Å². The zero-order valence-corrected chi connectivity index (χ0v) is 12.3. The van der Waals surface area contributed by atoms with E-state index in [-0.39, 0.29) is 24.9 Å². The van der Waals surface area contributed by atoms with Crippen LogP contribution >= 0.6 is 12.4 Å². The summed E-state index contributed by atoms with van der Waals surface area (Å²) in [6.07, 6.45) is 0. The van der Waals surface area contributed by atoms with E-state index in [1.807, 2.05) is 44.2 Å². The second-order valence-corrected chi connectivity index (χ2v) is 4.30. The number of hydrogen-bond donors (Lipinski definition) is 2. The molecule has 0 radical (unpaired) electrons. The molecule has 6 heteroatoms. The molecular formula is C14H18ClN3O2. The third-order valence-corrected chi connectivity index (χ3v) is 2.87. The second-order valence-electron chi connectivity index (χ2n) is 4.30. The van der Waals surface area contributed by atoms with E-state index in [0.29, 0.717) is 6.54 Å². The van der Waals surface area contributed by atoms with Gasteiger partial charge in [0.15, 0.2) is 0 Å². The van der Waals surface area contributed by atoms with E-state index < -0.39 is 0 Å². The minimum atomic E-state index is -0.0659. The number of para-hydroxylation sites is 1. The van der Waals surface area contributed by atoms with Gasteiger partial charge in [-0.15, -0.1) is 12.4 Å². The summed E-state index contributed by atoms with van der Waals surface area (Å²) in [6.45, 7) is 4.38. The van der Waals surface area contributed by atoms with Gasteiger partial charge in [-0.2, -0.15) is 0 Å². The fourth-order valence-corrected chi connectivity index (χ4v) is 1.74. The summed E-state index contributed by atoms with van der Waals surface area (Å²) in [5.41, 5.74) is 2.68. The first-order valence-corrected chi connectivity index (χ1v) is 6.14. The molecule has 0 spiro atoms. The Kier molecular flexibility index (Phi) is 6.06. The molecule has 0 aliphatic heterocycles. The van der Waals surface area contributed by atoms with Crippen LogP contribution in [0.4, 0.5) is 5.69 Å². The first-order valence-electron chi connectivity index (χ1n) is 6.14. The van der Waals surface area contributed by atoms with Crippen LogP contribution in [0.1, 0.15) is 17.0 Å². The average Bonchev–Trinajstić information content (AvgIpc) is 2.75. The van der Waals surface area contributed by atoms with Gasteiger partial charge in [-0.1, -0.05) is 23.4 Å². The number of anilines is 1. The number of amides is 1. The Balaban J connectivity index is 0.00000200. The Morgan fingerprint density at radius 2 is 1.95 bits per heavy atom. The van der Waals surface area contributed by atoms with E-state index in [4.69, 9.17) is 4.52 Å². The van der Waals surface area contributed by atoms with Crippen molar-refractivity contribution in [3.05, 3.63) is 47.3 Å². The number of hydrogen-bond acceptors (Lipinski definition) is 4. The molecule has 20 heavy (non-hydrogen) atoms. The molecule has 0 saturated heterocycles. The van der Waals surface area contributed by atoms with Gasteiger partial charge in [0.25, 0.3) is 0 Å². The van der Waals surface area contributed by atoms with Crippen LogP contribution in [0.5, 0.6) is 0 Å². The van der Waals surface area contributed by atoms with Crippen molar-refractivity contribution in [1.82, 2.24) is 10.5 Å². The highest BCUT2D eigenvalue weighted by molar-refractivity contribution is 5.85. The van der Waals surface area contributed by atoms with Crippen LogP contribution in [0.15, 0.2) is 34.9 Å². The predicted octanol–water partition coefficient (Wildman–Crippen LogP) is 2.44. The minimum absolute atomic E-state index is 0. The lowest BCUT2D eigenvalue weighted by molar-refractivity contribution is -0.119. The van der Waals surface area contributed by atoms with Gasteiger partial charge in [-0.25, -0.2) is 0 Å². The summed E-state index contributed by atoms with van der Waals surface area (Å²) in [5.74, 6) is 0.678. The molecule has 0 fully saturated rings. The largest absolute Gasteiger partial charge is 0.376 e. The zero-order valence-electron chi connectivity index (χ0n) is 11.5. The van der Waals surface area contributed by atoms with Crippen molar-refractivity contribution in [1.29, 1.82) is 0 Å². The first kappa shape index (κ1) is 16.0. The number of nitrogens with one attached hydrogen (secondary N) is 2. The van der Waals surface area contributed by atoms with E-state index in [1.54, 1.807) is 0 Å². The Labute approximate surface area is 124 Å². The molecule has 0 bridgehead atoms. The highest BCUT2D eigenvalue weighted by atomic mass is 35.5. The van der Waals surface area contributed by atoms with Crippen molar-refractivity contribution in [3.63, 3.8) is 0 Å². The molecular weight excluding hydrogens is 278 g/mol. The molecule has 1 amide bonds. The molecule has 2 aromatic rings. The van der Waals surface area contributed by atoms with Crippen molar-refractivity contribution in [2.24, 2.45) is 0 Å². The second kappa shape index (κ2) is 7.55. The van der Waals surface area contributed by atoms with Gasteiger partial charge in [0.1, 0.15) is 5.76 Å². The van der Waals surface area contributed by atoms with Crippen molar-refractivity contribution in [2.75, 3.05) is 11.9 Å². The lowest BCUT2D eigenvalue weighted by Crippen LogP contribution is -2.29. The first-order chi connectivity index (χ1) is 9.16. The van der Waals surface area contributed by atoms with Gasteiger partial charge in [-0.05, 0) is 26.0 Å². The monoisotopic (exact) mass is 295 g/mol. The summed E-state index contributed by atoms with van der Waals surface area (Å²) in [5, 5.41) is 9.73. The van der Waals surface area contributed by atoms with Crippen LogP contribution in [0, 0.1) is 13.8 Å². The molecule has 0 aliphatic rings. The van der Waals surface area contributed by atoms with Crippen molar-refractivity contribution >= 4 is 24.0 Å². The standard InChI is InChI=1S/C14H17N3O2.ClH/c1-10-13(11(2)19-17-10)8-16-14(18)9-15-12-6-4-3-5-7-12;/h3-7,15H,8-9H2,1-2H3,(H,16,18);1H. The number of benzene rings is 1.